The lowest BCUT2D eigenvalue weighted by molar-refractivity contribution is 0.0421. The van der Waals surface area contributed by atoms with Crippen molar-refractivity contribution in [1.29, 1.82) is 5.26 Å². The number of rotatable bonds is 3. The molecule has 0 aromatic heterocycles. The summed E-state index contributed by atoms with van der Waals surface area (Å²) in [6.45, 7) is 3.73. The molecule has 3 rings (SSSR count). The minimum absolute atomic E-state index is 0.0253. The molecule has 4 heteroatoms. The van der Waals surface area contributed by atoms with Crippen LogP contribution in [0.25, 0.3) is 0 Å². The predicted octanol–water partition coefficient (Wildman–Crippen LogP) is 3.66. The molecule has 20 heavy (non-hydrogen) atoms. The molecular formula is C16H18BNO2. The molecule has 1 atom stereocenters. The number of hydrogen-bond donors (Lipinski definition) is 0. The third kappa shape index (κ3) is 2.39. The highest BCUT2D eigenvalue weighted by Gasteiger charge is 2.53. The molecule has 0 N–H and O–H groups in total. The maximum absolute atomic E-state index is 8.87. The molecule has 3 nitrogen and oxygen atoms in total. The maximum atomic E-state index is 8.87. The van der Waals surface area contributed by atoms with Gasteiger partial charge in [0.05, 0.1) is 17.8 Å². The van der Waals surface area contributed by atoms with Gasteiger partial charge in [0.1, 0.15) is 0 Å². The van der Waals surface area contributed by atoms with Gasteiger partial charge in [-0.15, -0.1) is 0 Å². The van der Waals surface area contributed by atoms with E-state index in [-0.39, 0.29) is 18.8 Å². The molecule has 2 fully saturated rings. The second kappa shape index (κ2) is 5.44. The second-order valence-corrected chi connectivity index (χ2v) is 5.67. The first-order chi connectivity index (χ1) is 9.73. The minimum atomic E-state index is -0.342. The zero-order chi connectivity index (χ0) is 14.0. The molecule has 1 aromatic carbocycles. The van der Waals surface area contributed by atoms with Gasteiger partial charge in [-0.2, -0.15) is 5.26 Å². The average molecular weight is 267 g/mol. The lowest BCUT2D eigenvalue weighted by Crippen LogP contribution is -2.31. The summed E-state index contributed by atoms with van der Waals surface area (Å²) in [7, 11) is -0.342. The Morgan fingerprint density at radius 2 is 2.05 bits per heavy atom. The summed E-state index contributed by atoms with van der Waals surface area (Å²) in [6, 6.07) is 12.3. The van der Waals surface area contributed by atoms with Crippen molar-refractivity contribution in [2.24, 2.45) is 0 Å². The standard InChI is InChI=1S/C16H18BNO2/c1-13(12-18)11-17-19-15(14-7-3-2-4-8-14)16(20-17)9-5-6-10-16/h2-4,7-8,15H,1,5-6,9-11H2/t15-/m1/s1. The summed E-state index contributed by atoms with van der Waals surface area (Å²) in [5, 5.41) is 8.87. The molecule has 1 saturated heterocycles. The highest BCUT2D eigenvalue weighted by atomic mass is 16.7. The molecule has 1 aliphatic carbocycles. The number of nitrogens with zero attached hydrogens (tertiary/aromatic N) is 1. The zero-order valence-electron chi connectivity index (χ0n) is 11.5. The van der Waals surface area contributed by atoms with Crippen LogP contribution in [-0.2, 0) is 9.31 Å². The Kier molecular flexibility index (Phi) is 3.65. The van der Waals surface area contributed by atoms with Crippen LogP contribution in [0, 0.1) is 11.3 Å². The van der Waals surface area contributed by atoms with Gasteiger partial charge >= 0.3 is 7.12 Å². The largest absolute Gasteiger partial charge is 0.463 e. The molecule has 0 radical (unpaired) electrons. The summed E-state index contributed by atoms with van der Waals surface area (Å²) >= 11 is 0. The topological polar surface area (TPSA) is 42.2 Å². The Labute approximate surface area is 120 Å². The van der Waals surface area contributed by atoms with Crippen molar-refractivity contribution in [3.8, 4) is 6.07 Å². The van der Waals surface area contributed by atoms with Crippen LogP contribution in [0.5, 0.6) is 0 Å². The van der Waals surface area contributed by atoms with Crippen molar-refractivity contribution < 1.29 is 9.31 Å². The van der Waals surface area contributed by atoms with E-state index in [1.54, 1.807) is 0 Å². The smallest absolute Gasteiger partial charge is 0.402 e. The van der Waals surface area contributed by atoms with E-state index in [0.29, 0.717) is 11.9 Å². The van der Waals surface area contributed by atoms with Crippen LogP contribution >= 0.6 is 0 Å². The van der Waals surface area contributed by atoms with E-state index in [1.807, 2.05) is 18.2 Å². The molecule has 0 unspecified atom stereocenters. The number of allylic oxidation sites excluding steroid dienone is 1. The summed E-state index contributed by atoms with van der Waals surface area (Å²) in [6.07, 6.45) is 4.85. The van der Waals surface area contributed by atoms with Crippen molar-refractivity contribution in [3.05, 3.63) is 48.0 Å². The van der Waals surface area contributed by atoms with E-state index < -0.39 is 0 Å². The third-order valence-electron chi connectivity index (χ3n) is 4.26. The van der Waals surface area contributed by atoms with Gasteiger partial charge < -0.3 is 9.31 Å². The van der Waals surface area contributed by atoms with Gasteiger partial charge in [-0.25, -0.2) is 0 Å². The monoisotopic (exact) mass is 267 g/mol. The second-order valence-electron chi connectivity index (χ2n) is 5.67. The number of hydrogen-bond acceptors (Lipinski definition) is 3. The van der Waals surface area contributed by atoms with Crippen LogP contribution < -0.4 is 0 Å². The predicted molar refractivity (Wildman–Crippen MR) is 77.9 cm³/mol. The van der Waals surface area contributed by atoms with Crippen molar-refractivity contribution in [2.75, 3.05) is 0 Å². The first kappa shape index (κ1) is 13.4. The lowest BCUT2D eigenvalue weighted by atomic mass is 9.81. The highest BCUT2D eigenvalue weighted by Crippen LogP contribution is 2.50. The van der Waals surface area contributed by atoms with Gasteiger partial charge in [-0.3, -0.25) is 0 Å². The normalized spacial score (nSPS) is 23.9. The van der Waals surface area contributed by atoms with Crippen molar-refractivity contribution in [1.82, 2.24) is 0 Å². The maximum Gasteiger partial charge on any atom is 0.463 e. The molecular weight excluding hydrogens is 249 g/mol. The molecule has 1 aromatic rings. The molecule has 1 spiro atoms. The van der Waals surface area contributed by atoms with Crippen LogP contribution in [0.2, 0.25) is 6.32 Å². The van der Waals surface area contributed by atoms with Gasteiger partial charge in [-0.1, -0.05) is 49.8 Å². The number of nitriles is 1. The Hall–Kier alpha value is -1.57. The fourth-order valence-electron chi connectivity index (χ4n) is 3.33. The number of benzene rings is 1. The lowest BCUT2D eigenvalue weighted by Gasteiger charge is -2.29. The van der Waals surface area contributed by atoms with Crippen LogP contribution in [0.3, 0.4) is 0 Å². The Morgan fingerprint density at radius 3 is 2.70 bits per heavy atom. The zero-order valence-corrected chi connectivity index (χ0v) is 11.5. The first-order valence-corrected chi connectivity index (χ1v) is 7.20. The fourth-order valence-corrected chi connectivity index (χ4v) is 3.33. The molecule has 0 amide bonds. The van der Waals surface area contributed by atoms with Crippen molar-refractivity contribution in [2.45, 2.75) is 43.7 Å². The Bertz CT molecular complexity index is 531. The highest BCUT2D eigenvalue weighted by molar-refractivity contribution is 6.46. The van der Waals surface area contributed by atoms with E-state index in [4.69, 9.17) is 14.6 Å². The van der Waals surface area contributed by atoms with E-state index in [1.165, 1.54) is 18.4 Å². The van der Waals surface area contributed by atoms with Crippen LogP contribution in [0.15, 0.2) is 42.5 Å². The first-order valence-electron chi connectivity index (χ1n) is 7.20. The van der Waals surface area contributed by atoms with Crippen molar-refractivity contribution >= 4 is 7.12 Å². The molecule has 1 aliphatic heterocycles. The van der Waals surface area contributed by atoms with E-state index in [2.05, 4.69) is 24.8 Å². The van der Waals surface area contributed by atoms with E-state index in [9.17, 15) is 0 Å². The van der Waals surface area contributed by atoms with Gasteiger partial charge in [-0.05, 0) is 18.4 Å². The summed E-state index contributed by atoms with van der Waals surface area (Å²) < 4.78 is 12.3. The SMILES string of the molecule is C=C(C#N)CB1O[C@H](c2ccccc2)C2(CCCC2)O1. The molecule has 1 heterocycles. The van der Waals surface area contributed by atoms with Crippen LogP contribution in [0.4, 0.5) is 0 Å². The summed E-state index contributed by atoms with van der Waals surface area (Å²) in [4.78, 5) is 0. The summed E-state index contributed by atoms with van der Waals surface area (Å²) in [5.74, 6) is 0. The average Bonchev–Trinajstić information content (AvgIpc) is 3.08. The minimum Gasteiger partial charge on any atom is -0.402 e. The summed E-state index contributed by atoms with van der Waals surface area (Å²) in [5.41, 5.74) is 1.47. The third-order valence-corrected chi connectivity index (χ3v) is 4.26. The van der Waals surface area contributed by atoms with Crippen molar-refractivity contribution in [3.63, 3.8) is 0 Å². The van der Waals surface area contributed by atoms with Gasteiger partial charge in [0, 0.05) is 11.9 Å². The van der Waals surface area contributed by atoms with E-state index in [0.717, 1.165) is 12.8 Å². The Morgan fingerprint density at radius 1 is 1.35 bits per heavy atom. The quantitative estimate of drug-likeness (QED) is 0.620. The van der Waals surface area contributed by atoms with Gasteiger partial charge in [0.2, 0.25) is 0 Å². The molecule has 0 bridgehead atoms. The fraction of sp³-hybridized carbons (Fsp3) is 0.438. The van der Waals surface area contributed by atoms with Crippen LogP contribution in [-0.4, -0.2) is 12.7 Å². The van der Waals surface area contributed by atoms with Gasteiger partial charge in [0.25, 0.3) is 0 Å². The van der Waals surface area contributed by atoms with Crippen LogP contribution in [0.1, 0.15) is 37.4 Å². The molecule has 1 saturated carbocycles. The molecule has 102 valence electrons. The van der Waals surface area contributed by atoms with E-state index >= 15 is 0 Å². The Balaban J connectivity index is 1.84. The van der Waals surface area contributed by atoms with Gasteiger partial charge in [0.15, 0.2) is 0 Å². The molecule has 2 aliphatic rings.